The highest BCUT2D eigenvalue weighted by atomic mass is 35.5. The van der Waals surface area contributed by atoms with E-state index in [2.05, 4.69) is 15.4 Å². The molecular weight excluding hydrogens is 591 g/mol. The topological polar surface area (TPSA) is 88.8 Å². The average molecular weight is 620 g/mol. The maximum atomic E-state index is 13.6. The van der Waals surface area contributed by atoms with Gasteiger partial charge in [0, 0.05) is 41.9 Å². The number of likely N-dealkylation sites (tertiary alicyclic amines) is 1. The number of aromatic nitrogens is 2. The van der Waals surface area contributed by atoms with Gasteiger partial charge in [0.05, 0.1) is 28.7 Å². The fraction of sp³-hybridized carbons (Fsp3) is 0.379. The van der Waals surface area contributed by atoms with Gasteiger partial charge >= 0.3 is 12.3 Å². The number of nitrogens with zero attached hydrogens (tertiary/aromatic N) is 4. The van der Waals surface area contributed by atoms with Crippen molar-refractivity contribution in [3.05, 3.63) is 69.2 Å². The Morgan fingerprint density at radius 1 is 1.17 bits per heavy atom. The zero-order chi connectivity index (χ0) is 30.2. The monoisotopic (exact) mass is 619 g/mol. The normalized spacial score (nSPS) is 17.7. The summed E-state index contributed by atoms with van der Waals surface area (Å²) in [5.74, 6) is -0.337. The van der Waals surface area contributed by atoms with E-state index in [1.165, 1.54) is 28.6 Å². The van der Waals surface area contributed by atoms with Crippen LogP contribution in [0.15, 0.2) is 52.5 Å². The molecule has 8 nitrogen and oxygen atoms in total. The molecule has 13 heteroatoms. The molecule has 3 heterocycles. The van der Waals surface area contributed by atoms with Gasteiger partial charge in [0.1, 0.15) is 6.10 Å². The molecule has 0 unspecified atom stereocenters. The van der Waals surface area contributed by atoms with E-state index in [0.29, 0.717) is 41.5 Å². The van der Waals surface area contributed by atoms with Crippen LogP contribution in [0.4, 0.5) is 18.0 Å². The van der Waals surface area contributed by atoms with E-state index in [1.807, 2.05) is 31.7 Å². The van der Waals surface area contributed by atoms with Crippen molar-refractivity contribution in [3.63, 3.8) is 0 Å². The predicted molar refractivity (Wildman–Crippen MR) is 157 cm³/mol. The second kappa shape index (κ2) is 11.6. The number of alkyl halides is 3. The van der Waals surface area contributed by atoms with Crippen molar-refractivity contribution >= 4 is 57.5 Å². The molecular formula is C29H29ClF3N5O3S. The Morgan fingerprint density at radius 3 is 2.60 bits per heavy atom. The summed E-state index contributed by atoms with van der Waals surface area (Å²) in [5.41, 5.74) is 0.289. The van der Waals surface area contributed by atoms with Crippen molar-refractivity contribution in [2.45, 2.75) is 58.0 Å². The van der Waals surface area contributed by atoms with Gasteiger partial charge in [0.25, 0.3) is 5.91 Å². The van der Waals surface area contributed by atoms with Crippen molar-refractivity contribution < 1.29 is 27.5 Å². The van der Waals surface area contributed by atoms with Gasteiger partial charge in [-0.2, -0.15) is 23.3 Å². The second-order valence-electron chi connectivity index (χ2n) is 11.2. The smallest absolute Gasteiger partial charge is 0.416 e. The van der Waals surface area contributed by atoms with Gasteiger partial charge in [-0.25, -0.2) is 4.79 Å². The second-order valence-corrected chi connectivity index (χ2v) is 12.6. The Balaban J connectivity index is 1.23. The van der Waals surface area contributed by atoms with Crippen LogP contribution < -0.4 is 5.32 Å². The molecule has 0 saturated carbocycles. The molecule has 0 radical (unpaired) electrons. The molecule has 0 spiro atoms. The van der Waals surface area contributed by atoms with Crippen molar-refractivity contribution in [2.75, 3.05) is 13.1 Å². The first-order valence-corrected chi connectivity index (χ1v) is 14.5. The van der Waals surface area contributed by atoms with Gasteiger partial charge in [-0.1, -0.05) is 23.7 Å². The summed E-state index contributed by atoms with van der Waals surface area (Å²) in [7, 11) is 0. The van der Waals surface area contributed by atoms with Crippen LogP contribution in [0.5, 0.6) is 0 Å². The van der Waals surface area contributed by atoms with E-state index in [9.17, 15) is 22.8 Å². The Morgan fingerprint density at radius 2 is 1.90 bits per heavy atom. The Hall–Kier alpha value is -3.51. The fourth-order valence-electron chi connectivity index (χ4n) is 4.77. The molecule has 1 saturated heterocycles. The van der Waals surface area contributed by atoms with Gasteiger partial charge in [0.2, 0.25) is 0 Å². The fourth-order valence-corrected chi connectivity index (χ4v) is 5.91. The molecule has 3 aromatic rings. The molecule has 0 atom stereocenters. The number of benzene rings is 2. The van der Waals surface area contributed by atoms with Crippen LogP contribution >= 0.6 is 23.4 Å². The quantitative estimate of drug-likeness (QED) is 0.326. The number of rotatable bonds is 4. The van der Waals surface area contributed by atoms with E-state index in [1.54, 1.807) is 24.4 Å². The van der Waals surface area contributed by atoms with Crippen LogP contribution in [-0.4, -0.2) is 56.6 Å². The summed E-state index contributed by atoms with van der Waals surface area (Å²) in [4.78, 5) is 31.5. The molecule has 1 fully saturated rings. The third kappa shape index (κ3) is 7.09. The number of nitrogens with one attached hydrogen (secondary N) is 1. The number of piperidine rings is 1. The molecule has 2 aliphatic heterocycles. The largest absolute Gasteiger partial charge is 0.446 e. The molecule has 5 rings (SSSR count). The van der Waals surface area contributed by atoms with Gasteiger partial charge < -0.3 is 15.0 Å². The maximum absolute atomic E-state index is 13.6. The van der Waals surface area contributed by atoms with Crippen LogP contribution in [0.3, 0.4) is 0 Å². The molecule has 222 valence electrons. The minimum Gasteiger partial charge on any atom is -0.446 e. The molecule has 2 aromatic carbocycles. The van der Waals surface area contributed by atoms with Crippen LogP contribution in [-0.2, 0) is 22.3 Å². The first kappa shape index (κ1) is 30.0. The Kier molecular flexibility index (Phi) is 8.30. The highest BCUT2D eigenvalue weighted by molar-refractivity contribution is 8.18. The zero-order valence-corrected chi connectivity index (χ0v) is 24.7. The molecule has 2 amide bonds. The number of amidine groups is 1. The number of carbonyl (C=O) groups is 2. The van der Waals surface area contributed by atoms with Crippen molar-refractivity contribution in [1.82, 2.24) is 20.0 Å². The Bertz CT molecular complexity index is 1590. The highest BCUT2D eigenvalue weighted by Crippen LogP contribution is 2.35. The number of thioether (sulfide) groups is 1. The third-order valence-corrected chi connectivity index (χ3v) is 8.01. The summed E-state index contributed by atoms with van der Waals surface area (Å²) in [6.45, 7) is 6.79. The number of alkyl carbamates (subject to hydrolysis) is 1. The van der Waals surface area contributed by atoms with Gasteiger partial charge in [0.15, 0.2) is 5.17 Å². The van der Waals surface area contributed by atoms with Gasteiger partial charge in [-0.3, -0.25) is 9.48 Å². The summed E-state index contributed by atoms with van der Waals surface area (Å²) in [6.07, 6.45) is -0.590. The number of hydrogen-bond acceptors (Lipinski definition) is 6. The lowest BCUT2D eigenvalue weighted by molar-refractivity contribution is -0.138. The maximum Gasteiger partial charge on any atom is 0.416 e. The lowest BCUT2D eigenvalue weighted by Crippen LogP contribution is -2.45. The zero-order valence-electron chi connectivity index (χ0n) is 23.2. The van der Waals surface area contributed by atoms with Crippen LogP contribution in [0, 0.1) is 0 Å². The van der Waals surface area contributed by atoms with E-state index < -0.39 is 17.8 Å². The van der Waals surface area contributed by atoms with E-state index >= 15 is 0 Å². The number of carbonyl (C=O) groups excluding carboxylic acids is 2. The summed E-state index contributed by atoms with van der Waals surface area (Å²) < 4.78 is 47.7. The van der Waals surface area contributed by atoms with Crippen molar-refractivity contribution in [2.24, 2.45) is 4.99 Å². The summed E-state index contributed by atoms with van der Waals surface area (Å²) in [6, 6.07) is 9.09. The highest BCUT2D eigenvalue weighted by Gasteiger charge is 2.34. The SMILES string of the molecule is CC(C)(C)NC(=O)OC1CCN(C2=NC(=O)C(=Cc3ccc4c(cnn4Cc4ccc(Cl)cc4C(F)(F)F)c3)S2)CC1. The van der Waals surface area contributed by atoms with Gasteiger partial charge in [-0.05, 0) is 74.0 Å². The Labute approximate surface area is 249 Å². The number of fused-ring (bicyclic) bond motifs is 1. The first-order chi connectivity index (χ1) is 19.7. The minimum atomic E-state index is -4.54. The van der Waals surface area contributed by atoms with E-state index in [0.717, 1.165) is 17.0 Å². The van der Waals surface area contributed by atoms with Crippen molar-refractivity contribution in [3.8, 4) is 0 Å². The number of hydrogen-bond donors (Lipinski definition) is 1. The lowest BCUT2D eigenvalue weighted by Gasteiger charge is -2.33. The van der Waals surface area contributed by atoms with Crippen LogP contribution in [0.2, 0.25) is 5.02 Å². The van der Waals surface area contributed by atoms with Crippen LogP contribution in [0.1, 0.15) is 50.3 Å². The minimum absolute atomic E-state index is 0.0136. The van der Waals surface area contributed by atoms with E-state index in [4.69, 9.17) is 16.3 Å². The molecule has 0 bridgehead atoms. The predicted octanol–water partition coefficient (Wildman–Crippen LogP) is 6.72. The number of ether oxygens (including phenoxy) is 1. The lowest BCUT2D eigenvalue weighted by atomic mass is 10.1. The molecule has 42 heavy (non-hydrogen) atoms. The number of halogens is 4. The van der Waals surface area contributed by atoms with E-state index in [-0.39, 0.29) is 34.7 Å². The first-order valence-electron chi connectivity index (χ1n) is 13.3. The molecule has 0 aliphatic carbocycles. The number of amides is 2. The molecule has 2 aliphatic rings. The summed E-state index contributed by atoms with van der Waals surface area (Å²) >= 11 is 7.10. The van der Waals surface area contributed by atoms with Gasteiger partial charge in [-0.15, -0.1) is 0 Å². The average Bonchev–Trinajstić information content (AvgIpc) is 3.46. The molecule has 1 aromatic heterocycles. The standard InChI is InChI=1S/C29H29ClF3N5O3S/c1-28(2,3)36-27(40)41-21-8-10-37(11-9-21)26-35-25(39)24(42-26)13-17-4-7-23-19(12-17)15-34-38(23)16-18-5-6-20(30)14-22(18)29(31,32)33/h4-7,12-15,21H,8-11,16H2,1-3H3,(H,36,40). The van der Waals surface area contributed by atoms with Crippen LogP contribution in [0.25, 0.3) is 17.0 Å². The number of aliphatic imine (C=N–C) groups is 1. The van der Waals surface area contributed by atoms with Crippen molar-refractivity contribution in [1.29, 1.82) is 0 Å². The summed E-state index contributed by atoms with van der Waals surface area (Å²) in [5, 5.41) is 8.44. The molecule has 1 N–H and O–H groups in total. The third-order valence-electron chi connectivity index (χ3n) is 6.73.